The molecule has 1 aromatic carbocycles. The van der Waals surface area contributed by atoms with E-state index in [4.69, 9.17) is 11.2 Å². The fourth-order valence-electron chi connectivity index (χ4n) is 1.85. The van der Waals surface area contributed by atoms with Crippen molar-refractivity contribution in [3.63, 3.8) is 0 Å². The molecule has 0 fully saturated rings. The first-order valence-corrected chi connectivity index (χ1v) is 6.76. The molecule has 1 rings (SSSR count). The number of ether oxygens (including phenoxy) is 1. The van der Waals surface area contributed by atoms with Crippen LogP contribution >= 0.6 is 0 Å². The Hall–Kier alpha value is -1.46. The summed E-state index contributed by atoms with van der Waals surface area (Å²) in [5.41, 5.74) is 2.68. The molecule has 0 saturated carbocycles. The summed E-state index contributed by atoms with van der Waals surface area (Å²) in [5.74, 6) is 3.50. The van der Waals surface area contributed by atoms with Crippen molar-refractivity contribution < 1.29 is 4.74 Å². The van der Waals surface area contributed by atoms with Gasteiger partial charge in [0, 0.05) is 6.54 Å². The first-order chi connectivity index (χ1) is 8.84. The lowest BCUT2D eigenvalue weighted by atomic mass is 9.86. The molecule has 0 saturated heterocycles. The van der Waals surface area contributed by atoms with Gasteiger partial charge in [-0.15, -0.1) is 6.42 Å². The van der Waals surface area contributed by atoms with E-state index in [1.807, 2.05) is 6.92 Å². The lowest BCUT2D eigenvalue weighted by Crippen LogP contribution is -2.29. The van der Waals surface area contributed by atoms with Crippen LogP contribution in [0.1, 0.15) is 38.8 Å². The Morgan fingerprint density at radius 1 is 1.37 bits per heavy atom. The van der Waals surface area contributed by atoms with Crippen LogP contribution in [0.25, 0.3) is 0 Å². The van der Waals surface area contributed by atoms with E-state index in [2.05, 4.69) is 57.1 Å². The van der Waals surface area contributed by atoms with Gasteiger partial charge in [0.2, 0.25) is 0 Å². The minimum atomic E-state index is 0.104. The maximum absolute atomic E-state index is 5.93. The second-order valence-corrected chi connectivity index (χ2v) is 5.99. The van der Waals surface area contributed by atoms with Crippen molar-refractivity contribution in [2.75, 3.05) is 13.1 Å². The molecule has 0 aliphatic rings. The van der Waals surface area contributed by atoms with Crippen LogP contribution in [0.3, 0.4) is 0 Å². The van der Waals surface area contributed by atoms with Gasteiger partial charge in [0.15, 0.2) is 0 Å². The monoisotopic (exact) mass is 259 g/mol. The lowest BCUT2D eigenvalue weighted by molar-refractivity contribution is 0.217. The van der Waals surface area contributed by atoms with Crippen molar-refractivity contribution in [1.29, 1.82) is 0 Å². The number of hydrogen-bond acceptors (Lipinski definition) is 2. The average Bonchev–Trinajstić information content (AvgIpc) is 2.31. The Morgan fingerprint density at radius 3 is 2.58 bits per heavy atom. The van der Waals surface area contributed by atoms with E-state index in [1.165, 1.54) is 11.1 Å². The van der Waals surface area contributed by atoms with Gasteiger partial charge >= 0.3 is 0 Å². The Bertz CT molecular complexity index is 451. The molecule has 0 radical (unpaired) electrons. The fourth-order valence-corrected chi connectivity index (χ4v) is 1.85. The third-order valence-electron chi connectivity index (χ3n) is 3.03. The summed E-state index contributed by atoms with van der Waals surface area (Å²) in [4.78, 5) is 0. The number of benzene rings is 1. The van der Waals surface area contributed by atoms with Gasteiger partial charge in [0.25, 0.3) is 0 Å². The molecule has 0 aliphatic heterocycles. The standard InChI is InChI=1S/C17H25NO/c1-7-10-18-12-14(3)19-16-9-8-15(11-13(16)2)17(4,5)6/h1,8-9,11,14,18H,10,12H2,2-6H3. The Balaban J connectivity index is 2.68. The normalized spacial score (nSPS) is 12.8. The summed E-state index contributed by atoms with van der Waals surface area (Å²) in [6, 6.07) is 6.41. The van der Waals surface area contributed by atoms with E-state index in [0.29, 0.717) is 6.54 Å². The van der Waals surface area contributed by atoms with E-state index in [-0.39, 0.29) is 11.5 Å². The van der Waals surface area contributed by atoms with Gasteiger partial charge in [0.1, 0.15) is 11.9 Å². The number of aryl methyl sites for hydroxylation is 1. The van der Waals surface area contributed by atoms with E-state index < -0.39 is 0 Å². The molecule has 0 spiro atoms. The maximum atomic E-state index is 5.93. The van der Waals surface area contributed by atoms with Gasteiger partial charge in [-0.25, -0.2) is 0 Å². The minimum absolute atomic E-state index is 0.104. The van der Waals surface area contributed by atoms with Crippen LogP contribution in [-0.2, 0) is 5.41 Å². The smallest absolute Gasteiger partial charge is 0.122 e. The van der Waals surface area contributed by atoms with Gasteiger partial charge in [-0.3, -0.25) is 0 Å². The Kier molecular flexibility index (Phi) is 5.44. The summed E-state index contributed by atoms with van der Waals surface area (Å²) in [5, 5.41) is 3.15. The number of nitrogens with one attached hydrogen (secondary N) is 1. The number of hydrogen-bond donors (Lipinski definition) is 1. The summed E-state index contributed by atoms with van der Waals surface area (Å²) in [6.07, 6.45) is 5.30. The Labute approximate surface area is 117 Å². The molecule has 2 heteroatoms. The van der Waals surface area contributed by atoms with Crippen LogP contribution in [0.15, 0.2) is 18.2 Å². The van der Waals surface area contributed by atoms with Crippen molar-refractivity contribution in [3.8, 4) is 18.1 Å². The summed E-state index contributed by atoms with van der Waals surface area (Å²) in [6.45, 7) is 12.1. The number of terminal acetylenes is 1. The molecule has 0 bridgehead atoms. The van der Waals surface area contributed by atoms with Crippen molar-refractivity contribution in [2.45, 2.75) is 46.1 Å². The molecule has 1 N–H and O–H groups in total. The van der Waals surface area contributed by atoms with Gasteiger partial charge in [-0.2, -0.15) is 0 Å². The highest BCUT2D eigenvalue weighted by atomic mass is 16.5. The topological polar surface area (TPSA) is 21.3 Å². The van der Waals surface area contributed by atoms with E-state index in [0.717, 1.165) is 12.3 Å². The largest absolute Gasteiger partial charge is 0.489 e. The first-order valence-electron chi connectivity index (χ1n) is 6.76. The summed E-state index contributed by atoms with van der Waals surface area (Å²) < 4.78 is 5.93. The van der Waals surface area contributed by atoms with Crippen molar-refractivity contribution in [1.82, 2.24) is 5.32 Å². The van der Waals surface area contributed by atoms with Crippen molar-refractivity contribution >= 4 is 0 Å². The molecule has 0 aromatic heterocycles. The number of rotatable bonds is 5. The summed E-state index contributed by atoms with van der Waals surface area (Å²) >= 11 is 0. The third kappa shape index (κ3) is 4.96. The minimum Gasteiger partial charge on any atom is -0.489 e. The molecular weight excluding hydrogens is 234 g/mol. The van der Waals surface area contributed by atoms with Gasteiger partial charge < -0.3 is 10.1 Å². The molecule has 2 nitrogen and oxygen atoms in total. The zero-order valence-electron chi connectivity index (χ0n) is 12.7. The maximum Gasteiger partial charge on any atom is 0.122 e. The SMILES string of the molecule is C#CCNCC(C)Oc1ccc(C(C)(C)C)cc1C. The highest BCUT2D eigenvalue weighted by molar-refractivity contribution is 5.38. The zero-order valence-corrected chi connectivity index (χ0v) is 12.7. The van der Waals surface area contributed by atoms with E-state index in [9.17, 15) is 0 Å². The van der Waals surface area contributed by atoms with Gasteiger partial charge in [-0.05, 0) is 36.5 Å². The van der Waals surface area contributed by atoms with Crippen molar-refractivity contribution in [2.24, 2.45) is 0 Å². The van der Waals surface area contributed by atoms with E-state index in [1.54, 1.807) is 0 Å². The van der Waals surface area contributed by atoms with Gasteiger partial charge in [0.05, 0.1) is 6.54 Å². The molecular formula is C17H25NO. The molecule has 0 amide bonds. The predicted octanol–water partition coefficient (Wildman–Crippen LogP) is 3.28. The van der Waals surface area contributed by atoms with Crippen molar-refractivity contribution in [3.05, 3.63) is 29.3 Å². The van der Waals surface area contributed by atoms with Crippen LogP contribution < -0.4 is 10.1 Å². The highest BCUT2D eigenvalue weighted by Gasteiger charge is 2.15. The zero-order chi connectivity index (χ0) is 14.5. The average molecular weight is 259 g/mol. The van der Waals surface area contributed by atoms with E-state index >= 15 is 0 Å². The predicted molar refractivity (Wildman–Crippen MR) is 81.7 cm³/mol. The van der Waals surface area contributed by atoms with Crippen LogP contribution in [0.2, 0.25) is 0 Å². The second kappa shape index (κ2) is 6.63. The van der Waals surface area contributed by atoms with Crippen LogP contribution in [0.4, 0.5) is 0 Å². The molecule has 19 heavy (non-hydrogen) atoms. The molecule has 1 atom stereocenters. The summed E-state index contributed by atoms with van der Waals surface area (Å²) in [7, 11) is 0. The molecule has 1 unspecified atom stereocenters. The molecule has 1 aromatic rings. The van der Waals surface area contributed by atoms with Gasteiger partial charge in [-0.1, -0.05) is 38.8 Å². The van der Waals surface area contributed by atoms with Crippen LogP contribution in [0, 0.1) is 19.3 Å². The molecule has 104 valence electrons. The molecule has 0 aliphatic carbocycles. The third-order valence-corrected chi connectivity index (χ3v) is 3.03. The quantitative estimate of drug-likeness (QED) is 0.647. The van der Waals surface area contributed by atoms with Crippen LogP contribution in [0.5, 0.6) is 5.75 Å². The first kappa shape index (κ1) is 15.6. The highest BCUT2D eigenvalue weighted by Crippen LogP contribution is 2.27. The second-order valence-electron chi connectivity index (χ2n) is 5.99. The molecule has 0 heterocycles. The lowest BCUT2D eigenvalue weighted by Gasteiger charge is -2.22. The fraction of sp³-hybridized carbons (Fsp3) is 0.529. The van der Waals surface area contributed by atoms with Crippen LogP contribution in [-0.4, -0.2) is 19.2 Å². The Morgan fingerprint density at radius 2 is 2.05 bits per heavy atom.